The number of benzene rings is 1. The molecule has 96 valence electrons. The lowest BCUT2D eigenvalue weighted by molar-refractivity contribution is -0.120. The molecule has 3 atom stereocenters. The highest BCUT2D eigenvalue weighted by Gasteiger charge is 2.42. The molecule has 2 N–H and O–H groups in total. The molecule has 1 amide bonds. The van der Waals surface area contributed by atoms with Gasteiger partial charge in [-0.15, -0.1) is 0 Å². The van der Waals surface area contributed by atoms with Gasteiger partial charge in [-0.25, -0.2) is 4.39 Å². The van der Waals surface area contributed by atoms with E-state index in [0.29, 0.717) is 22.2 Å². The zero-order chi connectivity index (χ0) is 12.7. The monoisotopic (exact) mass is 312 g/mol. The van der Waals surface area contributed by atoms with Crippen LogP contribution in [0.2, 0.25) is 0 Å². The van der Waals surface area contributed by atoms with Gasteiger partial charge in [0, 0.05) is 16.6 Å². The molecule has 5 heteroatoms. The van der Waals surface area contributed by atoms with Gasteiger partial charge in [0.1, 0.15) is 5.82 Å². The molecular formula is C13H14BrFN2O. The summed E-state index contributed by atoms with van der Waals surface area (Å²) in [4.78, 5) is 12.2. The molecule has 0 spiro atoms. The number of fused-ring (bicyclic) bond motifs is 2. The summed E-state index contributed by atoms with van der Waals surface area (Å²) < 4.78 is 13.8. The van der Waals surface area contributed by atoms with E-state index in [9.17, 15) is 9.18 Å². The van der Waals surface area contributed by atoms with E-state index < -0.39 is 0 Å². The van der Waals surface area contributed by atoms with Crippen LogP contribution in [0.5, 0.6) is 0 Å². The Morgan fingerprint density at radius 2 is 2.28 bits per heavy atom. The van der Waals surface area contributed by atoms with E-state index in [1.165, 1.54) is 12.1 Å². The Balaban J connectivity index is 1.72. The number of carbonyl (C=O) groups is 1. The molecule has 2 heterocycles. The van der Waals surface area contributed by atoms with Gasteiger partial charge in [0.05, 0.1) is 11.6 Å². The molecule has 3 unspecified atom stereocenters. The highest BCUT2D eigenvalue weighted by atomic mass is 79.9. The molecule has 1 aromatic rings. The first-order valence-corrected chi connectivity index (χ1v) is 6.95. The maximum Gasteiger partial charge on any atom is 0.229 e. The van der Waals surface area contributed by atoms with Gasteiger partial charge >= 0.3 is 0 Å². The number of halogens is 2. The summed E-state index contributed by atoms with van der Waals surface area (Å²) in [5.41, 5.74) is 0.503. The lowest BCUT2D eigenvalue weighted by Gasteiger charge is -2.19. The third-order valence-corrected chi connectivity index (χ3v) is 4.51. The van der Waals surface area contributed by atoms with Crippen LogP contribution < -0.4 is 10.6 Å². The minimum Gasteiger partial charge on any atom is -0.325 e. The van der Waals surface area contributed by atoms with Crippen LogP contribution in [0.25, 0.3) is 0 Å². The fourth-order valence-corrected chi connectivity index (χ4v) is 3.28. The van der Waals surface area contributed by atoms with Crippen molar-refractivity contribution in [1.82, 2.24) is 5.32 Å². The first-order chi connectivity index (χ1) is 8.63. The normalized spacial score (nSPS) is 29.6. The molecule has 2 aliphatic rings. The summed E-state index contributed by atoms with van der Waals surface area (Å²) in [6.45, 7) is 0. The summed E-state index contributed by atoms with van der Waals surface area (Å²) in [5.74, 6) is -0.348. The summed E-state index contributed by atoms with van der Waals surface area (Å²) >= 11 is 3.31. The smallest absolute Gasteiger partial charge is 0.229 e. The van der Waals surface area contributed by atoms with Gasteiger partial charge in [0.15, 0.2) is 0 Å². The molecule has 0 aromatic heterocycles. The first kappa shape index (κ1) is 12.1. The maximum atomic E-state index is 13.1. The summed E-state index contributed by atoms with van der Waals surface area (Å²) in [6, 6.07) is 5.08. The van der Waals surface area contributed by atoms with Crippen LogP contribution in [0.4, 0.5) is 10.1 Å². The quantitative estimate of drug-likeness (QED) is 0.881. The van der Waals surface area contributed by atoms with Gasteiger partial charge in [0.25, 0.3) is 0 Å². The van der Waals surface area contributed by atoms with Crippen LogP contribution in [0, 0.1) is 11.7 Å². The van der Waals surface area contributed by atoms with Crippen LogP contribution in [0.1, 0.15) is 19.3 Å². The Labute approximate surface area is 113 Å². The summed E-state index contributed by atoms with van der Waals surface area (Å²) in [7, 11) is 0. The second-order valence-corrected chi connectivity index (χ2v) is 5.86. The second kappa shape index (κ2) is 4.63. The van der Waals surface area contributed by atoms with Crippen LogP contribution in [-0.4, -0.2) is 18.0 Å². The van der Waals surface area contributed by atoms with Gasteiger partial charge in [-0.3, -0.25) is 4.79 Å². The highest BCUT2D eigenvalue weighted by molar-refractivity contribution is 9.10. The predicted molar refractivity (Wildman–Crippen MR) is 70.8 cm³/mol. The van der Waals surface area contributed by atoms with Crippen LogP contribution in [0.3, 0.4) is 0 Å². The number of carbonyl (C=O) groups excluding carboxylic acids is 1. The van der Waals surface area contributed by atoms with E-state index in [1.807, 2.05) is 0 Å². The standard InChI is InChI=1S/C13H14BrFN2O/c14-10-3-1-7(15)5-12(10)17-13(18)9-6-8-2-4-11(9)16-8/h1,3,5,8-9,11,16H,2,4,6H2,(H,17,18). The minimum absolute atomic E-state index is 0.0129. The van der Waals surface area contributed by atoms with Crippen molar-refractivity contribution < 1.29 is 9.18 Å². The highest BCUT2D eigenvalue weighted by Crippen LogP contribution is 2.34. The van der Waals surface area contributed by atoms with Crippen molar-refractivity contribution >= 4 is 27.5 Å². The van der Waals surface area contributed by atoms with Crippen LogP contribution >= 0.6 is 15.9 Å². The van der Waals surface area contributed by atoms with Crippen molar-refractivity contribution in [2.24, 2.45) is 5.92 Å². The van der Waals surface area contributed by atoms with E-state index in [1.54, 1.807) is 6.07 Å². The Kier molecular flexibility index (Phi) is 3.11. The average molecular weight is 313 g/mol. The molecular weight excluding hydrogens is 299 g/mol. The van der Waals surface area contributed by atoms with E-state index in [2.05, 4.69) is 26.6 Å². The number of anilines is 1. The number of amides is 1. The van der Waals surface area contributed by atoms with Gasteiger partial charge < -0.3 is 10.6 Å². The number of hydrogen-bond donors (Lipinski definition) is 2. The fraction of sp³-hybridized carbons (Fsp3) is 0.462. The SMILES string of the molecule is O=C(Nc1cc(F)ccc1Br)C1CC2CCC1N2. The van der Waals surface area contributed by atoms with Crippen molar-refractivity contribution in [1.29, 1.82) is 0 Å². The molecule has 3 nitrogen and oxygen atoms in total. The van der Waals surface area contributed by atoms with Crippen molar-refractivity contribution in [3.05, 3.63) is 28.5 Å². The van der Waals surface area contributed by atoms with Crippen LogP contribution in [0.15, 0.2) is 22.7 Å². The number of nitrogens with one attached hydrogen (secondary N) is 2. The molecule has 18 heavy (non-hydrogen) atoms. The Bertz CT molecular complexity index is 494. The number of rotatable bonds is 2. The third-order valence-electron chi connectivity index (χ3n) is 3.82. The minimum atomic E-state index is -0.348. The lowest BCUT2D eigenvalue weighted by atomic mass is 9.88. The summed E-state index contributed by atoms with van der Waals surface area (Å²) in [5, 5.41) is 6.24. The fourth-order valence-electron chi connectivity index (χ4n) is 2.93. The zero-order valence-electron chi connectivity index (χ0n) is 9.75. The van der Waals surface area contributed by atoms with Crippen molar-refractivity contribution in [2.45, 2.75) is 31.3 Å². The molecule has 2 aliphatic heterocycles. The Morgan fingerprint density at radius 3 is 2.94 bits per heavy atom. The van der Waals surface area contributed by atoms with Gasteiger partial charge in [-0.2, -0.15) is 0 Å². The van der Waals surface area contributed by atoms with Gasteiger partial charge in [-0.1, -0.05) is 0 Å². The van der Waals surface area contributed by atoms with Crippen LogP contribution in [-0.2, 0) is 4.79 Å². The summed E-state index contributed by atoms with van der Waals surface area (Å²) in [6.07, 6.45) is 3.12. The Hall–Kier alpha value is -0.940. The first-order valence-electron chi connectivity index (χ1n) is 6.15. The molecule has 2 bridgehead atoms. The molecule has 3 rings (SSSR count). The van der Waals surface area contributed by atoms with Crippen molar-refractivity contribution in [2.75, 3.05) is 5.32 Å². The zero-order valence-corrected chi connectivity index (χ0v) is 11.3. The van der Waals surface area contributed by atoms with Crippen molar-refractivity contribution in [3.8, 4) is 0 Å². The van der Waals surface area contributed by atoms with E-state index in [-0.39, 0.29) is 17.6 Å². The molecule has 2 saturated heterocycles. The van der Waals surface area contributed by atoms with Crippen molar-refractivity contribution in [3.63, 3.8) is 0 Å². The number of hydrogen-bond acceptors (Lipinski definition) is 2. The largest absolute Gasteiger partial charge is 0.325 e. The average Bonchev–Trinajstić information content (AvgIpc) is 2.96. The molecule has 0 saturated carbocycles. The lowest BCUT2D eigenvalue weighted by Crippen LogP contribution is -2.32. The molecule has 1 aromatic carbocycles. The van der Waals surface area contributed by atoms with Gasteiger partial charge in [0.2, 0.25) is 5.91 Å². The predicted octanol–water partition coefficient (Wildman–Crippen LogP) is 2.67. The maximum absolute atomic E-state index is 13.1. The second-order valence-electron chi connectivity index (χ2n) is 5.00. The third kappa shape index (κ3) is 2.17. The molecule has 0 radical (unpaired) electrons. The van der Waals surface area contributed by atoms with E-state index >= 15 is 0 Å². The molecule has 2 fully saturated rings. The Morgan fingerprint density at radius 1 is 1.44 bits per heavy atom. The topological polar surface area (TPSA) is 41.1 Å². The molecule has 0 aliphatic carbocycles. The van der Waals surface area contributed by atoms with Gasteiger partial charge in [-0.05, 0) is 53.4 Å². The van der Waals surface area contributed by atoms with E-state index in [4.69, 9.17) is 0 Å². The van der Waals surface area contributed by atoms with E-state index in [0.717, 1.165) is 19.3 Å².